The first-order chi connectivity index (χ1) is 9.86. The number of carbonyl (C=O) groups is 2. The fraction of sp³-hybridized carbons (Fsp3) is 0.600. The van der Waals surface area contributed by atoms with Crippen LogP contribution in [0.1, 0.15) is 60.1 Å². The summed E-state index contributed by atoms with van der Waals surface area (Å²) in [6, 6.07) is 0.213. The first-order valence-corrected chi connectivity index (χ1v) is 8.21. The molecule has 1 aromatic rings. The molecule has 1 heterocycles. The number of nitrogen functional groups attached to an aromatic ring is 1. The molecule has 0 spiro atoms. The molecule has 6 heteroatoms. The minimum Gasteiger partial charge on any atom is -0.397 e. The van der Waals surface area contributed by atoms with E-state index in [4.69, 9.17) is 11.5 Å². The van der Waals surface area contributed by atoms with Gasteiger partial charge in [0.2, 0.25) is 0 Å². The molecule has 1 saturated carbocycles. The minimum atomic E-state index is -0.584. The highest BCUT2D eigenvalue weighted by atomic mass is 32.1. The summed E-state index contributed by atoms with van der Waals surface area (Å²) in [5, 5.41) is 3.97. The monoisotopic (exact) mass is 309 g/mol. The van der Waals surface area contributed by atoms with E-state index >= 15 is 0 Å². The number of rotatable bonds is 7. The van der Waals surface area contributed by atoms with E-state index in [9.17, 15) is 9.59 Å². The van der Waals surface area contributed by atoms with Crippen molar-refractivity contribution in [3.63, 3.8) is 0 Å². The third kappa shape index (κ3) is 3.20. The van der Waals surface area contributed by atoms with Crippen molar-refractivity contribution >= 4 is 33.7 Å². The van der Waals surface area contributed by atoms with Crippen molar-refractivity contribution in [1.29, 1.82) is 0 Å². The fourth-order valence-corrected chi connectivity index (χ4v) is 3.62. The van der Waals surface area contributed by atoms with Gasteiger partial charge in [-0.1, -0.05) is 20.8 Å². The molecular formula is C15H23N3O2S. The summed E-state index contributed by atoms with van der Waals surface area (Å²) in [6.45, 7) is 6.30. The zero-order chi connectivity index (χ0) is 15.7. The van der Waals surface area contributed by atoms with Crippen LogP contribution in [-0.4, -0.2) is 17.7 Å². The van der Waals surface area contributed by atoms with E-state index in [-0.39, 0.29) is 29.0 Å². The van der Waals surface area contributed by atoms with E-state index in [0.29, 0.717) is 15.8 Å². The average Bonchev–Trinajstić information content (AvgIpc) is 3.19. The maximum atomic E-state index is 12.3. The highest BCUT2D eigenvalue weighted by Gasteiger charge is 2.35. The molecule has 2 rings (SSSR count). The van der Waals surface area contributed by atoms with Gasteiger partial charge in [-0.05, 0) is 25.2 Å². The molecule has 5 nitrogen and oxygen atoms in total. The van der Waals surface area contributed by atoms with E-state index in [1.807, 2.05) is 0 Å². The molecule has 1 aliphatic rings. The number of carbonyl (C=O) groups excluding carboxylic acids is 2. The molecular weight excluding hydrogens is 286 g/mol. The van der Waals surface area contributed by atoms with E-state index in [0.717, 1.165) is 19.3 Å². The largest absolute Gasteiger partial charge is 0.397 e. The molecule has 21 heavy (non-hydrogen) atoms. The lowest BCUT2D eigenvalue weighted by Crippen LogP contribution is -2.25. The fourth-order valence-electron chi connectivity index (χ4n) is 2.41. The van der Waals surface area contributed by atoms with Crippen molar-refractivity contribution in [2.75, 3.05) is 11.1 Å². The lowest BCUT2D eigenvalue weighted by molar-refractivity contribution is 0.0972. The zero-order valence-corrected chi connectivity index (χ0v) is 13.5. The van der Waals surface area contributed by atoms with Crippen LogP contribution >= 0.6 is 11.3 Å². The predicted molar refractivity (Wildman–Crippen MR) is 86.8 cm³/mol. The molecule has 5 N–H and O–H groups in total. The van der Waals surface area contributed by atoms with Gasteiger partial charge in [0, 0.05) is 12.0 Å². The highest BCUT2D eigenvalue weighted by Crippen LogP contribution is 2.42. The molecule has 1 amide bonds. The van der Waals surface area contributed by atoms with E-state index in [2.05, 4.69) is 26.1 Å². The van der Waals surface area contributed by atoms with Gasteiger partial charge in [0.05, 0.1) is 16.1 Å². The van der Waals surface area contributed by atoms with Gasteiger partial charge in [-0.15, -0.1) is 11.3 Å². The van der Waals surface area contributed by atoms with Gasteiger partial charge in [0.1, 0.15) is 5.00 Å². The van der Waals surface area contributed by atoms with Gasteiger partial charge in [0.15, 0.2) is 5.78 Å². The van der Waals surface area contributed by atoms with E-state index < -0.39 is 5.91 Å². The number of ketones is 1. The van der Waals surface area contributed by atoms with Crippen LogP contribution in [0.5, 0.6) is 0 Å². The smallest absolute Gasteiger partial charge is 0.253 e. The Labute approximate surface area is 129 Å². The van der Waals surface area contributed by atoms with Gasteiger partial charge in [-0.25, -0.2) is 0 Å². The van der Waals surface area contributed by atoms with Crippen molar-refractivity contribution in [2.45, 2.75) is 46.1 Å². The minimum absolute atomic E-state index is 0.0469. The standard InChI is InChI=1S/C15H23N3O2S/c1-4-9(7(2)3)18-15-10(14(17)20)11(16)13(21-15)12(19)8-5-6-8/h7-9,18H,4-6,16H2,1-3H3,(H2,17,20). The summed E-state index contributed by atoms with van der Waals surface area (Å²) < 4.78 is 0. The molecule has 1 aliphatic carbocycles. The van der Waals surface area contributed by atoms with Crippen molar-refractivity contribution in [1.82, 2.24) is 0 Å². The molecule has 0 saturated heterocycles. The van der Waals surface area contributed by atoms with Crippen molar-refractivity contribution in [3.8, 4) is 0 Å². The van der Waals surface area contributed by atoms with Gasteiger partial charge in [-0.2, -0.15) is 0 Å². The second-order valence-electron chi connectivity index (χ2n) is 5.95. The van der Waals surface area contributed by atoms with Crippen molar-refractivity contribution in [3.05, 3.63) is 10.4 Å². The Kier molecular flexibility index (Phi) is 4.56. The molecule has 1 aromatic heterocycles. The third-order valence-corrected chi connectivity index (χ3v) is 5.08. The average molecular weight is 309 g/mol. The number of hydrogen-bond acceptors (Lipinski definition) is 5. The first kappa shape index (κ1) is 15.8. The maximum Gasteiger partial charge on any atom is 0.253 e. The van der Waals surface area contributed by atoms with Gasteiger partial charge < -0.3 is 16.8 Å². The number of nitrogens with one attached hydrogen (secondary N) is 1. The molecule has 1 atom stereocenters. The van der Waals surface area contributed by atoms with Crippen LogP contribution in [0.4, 0.5) is 10.7 Å². The lowest BCUT2D eigenvalue weighted by Gasteiger charge is -2.21. The Bertz CT molecular complexity index is 562. The summed E-state index contributed by atoms with van der Waals surface area (Å²) >= 11 is 1.27. The lowest BCUT2D eigenvalue weighted by atomic mass is 10.0. The van der Waals surface area contributed by atoms with Crippen LogP contribution < -0.4 is 16.8 Å². The Morgan fingerprint density at radius 1 is 1.38 bits per heavy atom. The summed E-state index contributed by atoms with van der Waals surface area (Å²) in [7, 11) is 0. The van der Waals surface area contributed by atoms with Crippen LogP contribution in [0.3, 0.4) is 0 Å². The summed E-state index contributed by atoms with van der Waals surface area (Å²) in [4.78, 5) is 24.4. The van der Waals surface area contributed by atoms with Gasteiger partial charge in [0.25, 0.3) is 5.91 Å². The van der Waals surface area contributed by atoms with Crippen LogP contribution in [0, 0.1) is 11.8 Å². The van der Waals surface area contributed by atoms with Crippen LogP contribution in [0.25, 0.3) is 0 Å². The molecule has 0 aliphatic heterocycles. The summed E-state index contributed by atoms with van der Waals surface area (Å²) in [6.07, 6.45) is 2.74. The van der Waals surface area contributed by atoms with Crippen LogP contribution in [-0.2, 0) is 0 Å². The van der Waals surface area contributed by atoms with E-state index in [1.165, 1.54) is 11.3 Å². The Balaban J connectivity index is 2.37. The number of nitrogens with two attached hydrogens (primary N) is 2. The number of primary amides is 1. The molecule has 116 valence electrons. The Hall–Kier alpha value is -1.56. The maximum absolute atomic E-state index is 12.3. The topological polar surface area (TPSA) is 98.2 Å². The predicted octanol–water partition coefficient (Wildman–Crippen LogP) is 2.87. The third-order valence-electron chi connectivity index (χ3n) is 3.92. The number of thiophene rings is 1. The second kappa shape index (κ2) is 6.05. The summed E-state index contributed by atoms with van der Waals surface area (Å²) in [5.41, 5.74) is 12.0. The number of amides is 1. The number of hydrogen-bond donors (Lipinski definition) is 3. The van der Waals surface area contributed by atoms with Gasteiger partial charge in [-0.3, -0.25) is 9.59 Å². The number of Topliss-reactive ketones (excluding diaryl/α,β-unsaturated/α-hetero) is 1. The van der Waals surface area contributed by atoms with Crippen LogP contribution in [0.2, 0.25) is 0 Å². The SMILES string of the molecule is CCC(Nc1sc(C(=O)C2CC2)c(N)c1C(N)=O)C(C)C. The van der Waals surface area contributed by atoms with E-state index in [1.54, 1.807) is 0 Å². The normalized spacial score (nSPS) is 16.0. The molecule has 1 unspecified atom stereocenters. The van der Waals surface area contributed by atoms with Crippen molar-refractivity contribution in [2.24, 2.45) is 17.6 Å². The summed E-state index contributed by atoms with van der Waals surface area (Å²) in [5.74, 6) is -0.0569. The second-order valence-corrected chi connectivity index (χ2v) is 6.98. The van der Waals surface area contributed by atoms with Crippen molar-refractivity contribution < 1.29 is 9.59 Å². The highest BCUT2D eigenvalue weighted by molar-refractivity contribution is 7.19. The Morgan fingerprint density at radius 2 is 2.00 bits per heavy atom. The first-order valence-electron chi connectivity index (χ1n) is 7.39. The van der Waals surface area contributed by atoms with Gasteiger partial charge >= 0.3 is 0 Å². The quantitative estimate of drug-likeness (QED) is 0.674. The molecule has 0 aromatic carbocycles. The molecule has 1 fully saturated rings. The Morgan fingerprint density at radius 3 is 2.43 bits per heavy atom. The molecule has 0 bridgehead atoms. The van der Waals surface area contributed by atoms with Crippen LogP contribution in [0.15, 0.2) is 0 Å². The number of anilines is 2. The molecule has 0 radical (unpaired) electrons. The zero-order valence-electron chi connectivity index (χ0n) is 12.7.